The van der Waals surface area contributed by atoms with E-state index in [4.69, 9.17) is 4.62 Å². The molecular formula is C24H27F5N6OP+. The molecule has 4 heterocycles. The normalized spacial score (nSPS) is 26.8. The molecule has 13 heteroatoms. The van der Waals surface area contributed by atoms with E-state index in [2.05, 4.69) is 10.3 Å². The van der Waals surface area contributed by atoms with Crippen LogP contribution in [0.4, 0.5) is 22.0 Å². The van der Waals surface area contributed by atoms with Crippen LogP contribution in [0, 0.1) is 0 Å². The summed E-state index contributed by atoms with van der Waals surface area (Å²) in [4.78, 5) is 1.10. The number of rotatable bonds is 6. The lowest BCUT2D eigenvalue weighted by Crippen LogP contribution is -2.56. The van der Waals surface area contributed by atoms with Crippen molar-refractivity contribution in [2.24, 2.45) is 0 Å². The molecule has 3 aliphatic rings. The zero-order valence-corrected chi connectivity index (χ0v) is 20.9. The molecule has 0 amide bonds. The number of benzene rings is 2. The predicted octanol–water partition coefficient (Wildman–Crippen LogP) is 5.14. The average Bonchev–Trinajstić information content (AvgIpc) is 3.70. The van der Waals surface area contributed by atoms with Gasteiger partial charge in [-0.1, -0.05) is 47.1 Å². The molecule has 1 unspecified atom stereocenters. The number of aromatic nitrogens is 3. The highest BCUT2D eigenvalue weighted by Crippen LogP contribution is 2.76. The minimum Gasteiger partial charge on any atom is -0.210 e. The fourth-order valence-corrected chi connectivity index (χ4v) is 9.79. The number of alkyl halides is 5. The molecule has 0 radical (unpaired) electrons. The van der Waals surface area contributed by atoms with Gasteiger partial charge in [0.05, 0.1) is 0 Å². The molecule has 198 valence electrons. The second kappa shape index (κ2) is 8.83. The van der Waals surface area contributed by atoms with E-state index in [0.29, 0.717) is 67.6 Å². The van der Waals surface area contributed by atoms with Crippen molar-refractivity contribution in [1.82, 2.24) is 29.2 Å². The number of nitrogens with zero attached hydrogens (tertiary/aromatic N) is 6. The maximum absolute atomic E-state index is 17.3. The van der Waals surface area contributed by atoms with Crippen molar-refractivity contribution in [2.45, 2.75) is 43.3 Å². The highest BCUT2D eigenvalue weighted by Gasteiger charge is 2.88. The molecule has 1 atom stereocenters. The summed E-state index contributed by atoms with van der Waals surface area (Å²) in [6.45, 7) is 0.0917. The van der Waals surface area contributed by atoms with Gasteiger partial charge in [0.15, 0.2) is 0 Å². The first kappa shape index (κ1) is 24.9. The smallest absolute Gasteiger partial charge is 0.210 e. The summed E-state index contributed by atoms with van der Waals surface area (Å²) in [5.41, 5.74) is 0.384. The van der Waals surface area contributed by atoms with Gasteiger partial charge in [-0.2, -0.15) is 22.2 Å². The second-order valence-corrected chi connectivity index (χ2v) is 12.5. The summed E-state index contributed by atoms with van der Waals surface area (Å²) in [5, 5.41) is 8.18. The van der Waals surface area contributed by atoms with Crippen molar-refractivity contribution in [3.63, 3.8) is 0 Å². The quantitative estimate of drug-likeness (QED) is 0.245. The first-order valence-corrected chi connectivity index (χ1v) is 14.0. The molecule has 1 aromatic heterocycles. The Labute approximate surface area is 211 Å². The van der Waals surface area contributed by atoms with Gasteiger partial charge in [-0.25, -0.2) is 4.39 Å². The standard InChI is InChI=1S/C24H27F5N6OP/c25-22(26)18-34(23(27,24(22,28)29)19-10-2-1-3-11-19)37(32-14-6-7-15-32,33-16-8-9-17-33)36-35-21-13-5-4-12-20(21)30-31-35/h1-5,10-13H,6-9,14-18H2/q+1. The summed E-state index contributed by atoms with van der Waals surface area (Å²) < 4.78 is 89.9. The molecule has 7 nitrogen and oxygen atoms in total. The lowest BCUT2D eigenvalue weighted by molar-refractivity contribution is -0.245. The molecule has 0 N–H and O–H groups in total. The van der Waals surface area contributed by atoms with Crippen LogP contribution in [0.15, 0.2) is 54.6 Å². The van der Waals surface area contributed by atoms with Gasteiger partial charge in [0.2, 0.25) is 0 Å². The van der Waals surface area contributed by atoms with Gasteiger partial charge in [-0.05, 0) is 47.9 Å². The maximum atomic E-state index is 17.3. The van der Waals surface area contributed by atoms with Crippen LogP contribution in [0.1, 0.15) is 31.2 Å². The Balaban J connectivity index is 1.60. The van der Waals surface area contributed by atoms with E-state index in [-0.39, 0.29) is 0 Å². The Bertz CT molecular complexity index is 1250. The van der Waals surface area contributed by atoms with Gasteiger partial charge in [0.25, 0.3) is 5.79 Å². The molecule has 0 bridgehead atoms. The number of hydrogen-bond donors (Lipinski definition) is 0. The van der Waals surface area contributed by atoms with Crippen molar-refractivity contribution in [3.8, 4) is 0 Å². The van der Waals surface area contributed by atoms with Crippen molar-refractivity contribution in [3.05, 3.63) is 60.2 Å². The van der Waals surface area contributed by atoms with Crippen LogP contribution in [0.25, 0.3) is 11.0 Å². The highest BCUT2D eigenvalue weighted by atomic mass is 31.2. The van der Waals surface area contributed by atoms with Crippen molar-refractivity contribution in [2.75, 3.05) is 32.7 Å². The van der Waals surface area contributed by atoms with E-state index >= 15 is 22.0 Å². The minimum absolute atomic E-state index is 0.398. The van der Waals surface area contributed by atoms with Gasteiger partial charge in [-0.15, -0.1) is 14.4 Å². The van der Waals surface area contributed by atoms with Crippen LogP contribution < -0.4 is 4.62 Å². The lowest BCUT2D eigenvalue weighted by atomic mass is 9.98. The van der Waals surface area contributed by atoms with Crippen LogP contribution in [0.3, 0.4) is 0 Å². The molecule has 3 saturated heterocycles. The van der Waals surface area contributed by atoms with E-state index in [9.17, 15) is 0 Å². The molecule has 6 rings (SSSR count). The predicted molar refractivity (Wildman–Crippen MR) is 128 cm³/mol. The van der Waals surface area contributed by atoms with Crippen LogP contribution in [0.2, 0.25) is 0 Å². The van der Waals surface area contributed by atoms with Gasteiger partial charge in [0, 0.05) is 31.7 Å². The molecule has 2 aromatic carbocycles. The molecular weight excluding hydrogens is 514 g/mol. The van der Waals surface area contributed by atoms with E-state index in [0.717, 1.165) is 17.0 Å². The molecule has 3 aliphatic heterocycles. The van der Waals surface area contributed by atoms with Crippen LogP contribution in [0.5, 0.6) is 0 Å². The lowest BCUT2D eigenvalue weighted by Gasteiger charge is -2.43. The third-order valence-electron chi connectivity index (χ3n) is 7.46. The van der Waals surface area contributed by atoms with E-state index < -0.39 is 37.7 Å². The number of hydrogen-bond acceptors (Lipinski definition) is 6. The van der Waals surface area contributed by atoms with Gasteiger partial charge in [-0.3, -0.25) is 0 Å². The Morgan fingerprint density at radius 1 is 0.757 bits per heavy atom. The first-order valence-electron chi connectivity index (χ1n) is 12.4. The Hall–Kier alpha value is -2.40. The summed E-state index contributed by atoms with van der Waals surface area (Å²) in [6, 6.07) is 13.4. The zero-order valence-electron chi connectivity index (χ0n) is 20.0. The minimum atomic E-state index is -5.01. The molecule has 0 saturated carbocycles. The maximum Gasteiger partial charge on any atom is 0.455 e. The molecule has 3 fully saturated rings. The molecule has 0 aliphatic carbocycles. The van der Waals surface area contributed by atoms with E-state index in [1.54, 1.807) is 33.6 Å². The van der Waals surface area contributed by atoms with Gasteiger partial charge in [0.1, 0.15) is 17.6 Å². The fourth-order valence-electron chi connectivity index (χ4n) is 5.63. The summed E-state index contributed by atoms with van der Waals surface area (Å²) in [6.07, 6.45) is 2.84. The first-order chi connectivity index (χ1) is 17.7. The largest absolute Gasteiger partial charge is 0.455 e. The third-order valence-corrected chi connectivity index (χ3v) is 11.2. The fraction of sp³-hybridized carbons (Fsp3) is 0.500. The zero-order chi connectivity index (χ0) is 25.9. The topological polar surface area (TPSA) is 49.7 Å². The van der Waals surface area contributed by atoms with E-state index in [1.165, 1.54) is 18.2 Å². The number of fused-ring (bicyclic) bond motifs is 1. The number of para-hydroxylation sites is 1. The summed E-state index contributed by atoms with van der Waals surface area (Å²) in [5.74, 6) is -13.5. The Morgan fingerprint density at radius 3 is 1.95 bits per heavy atom. The summed E-state index contributed by atoms with van der Waals surface area (Å²) in [7, 11) is -3.85. The number of halogens is 5. The SMILES string of the molecule is FC1(F)CN([P+](On2nnc3ccccc32)(N2CCCC2)N2CCCC2)C(F)(c2ccccc2)C1(F)F. The molecule has 37 heavy (non-hydrogen) atoms. The van der Waals surface area contributed by atoms with Crippen LogP contribution in [-0.4, -0.2) is 73.7 Å². The third kappa shape index (κ3) is 3.52. The van der Waals surface area contributed by atoms with Crippen LogP contribution >= 0.6 is 7.94 Å². The summed E-state index contributed by atoms with van der Waals surface area (Å²) >= 11 is 0. The average molecular weight is 541 g/mol. The molecule has 0 spiro atoms. The van der Waals surface area contributed by atoms with Crippen molar-refractivity contribution >= 4 is 19.0 Å². The second-order valence-electron chi connectivity index (χ2n) is 9.69. The Morgan fingerprint density at radius 2 is 1.32 bits per heavy atom. The monoisotopic (exact) mass is 541 g/mol. The van der Waals surface area contributed by atoms with Gasteiger partial charge < -0.3 is 0 Å². The van der Waals surface area contributed by atoms with E-state index in [1.807, 2.05) is 0 Å². The van der Waals surface area contributed by atoms with Crippen molar-refractivity contribution in [1.29, 1.82) is 0 Å². The van der Waals surface area contributed by atoms with Gasteiger partial charge >= 0.3 is 19.8 Å². The highest BCUT2D eigenvalue weighted by molar-refractivity contribution is 7.64. The molecule has 3 aromatic rings. The Kier molecular flexibility index (Phi) is 5.94. The van der Waals surface area contributed by atoms with Crippen LogP contribution in [-0.2, 0) is 5.79 Å². The van der Waals surface area contributed by atoms with Crippen molar-refractivity contribution < 1.29 is 26.6 Å².